The number of carbonyl (C=O) groups is 1. The van der Waals surface area contributed by atoms with Crippen molar-refractivity contribution in [2.24, 2.45) is 0 Å². The Hall–Kier alpha value is -2.06. The van der Waals surface area contributed by atoms with Gasteiger partial charge in [0.15, 0.2) is 11.5 Å². The molecule has 0 aliphatic heterocycles. The molecule has 1 aromatic heterocycles. The summed E-state index contributed by atoms with van der Waals surface area (Å²) in [6.45, 7) is 0.151. The standard InChI is InChI=1S/C14H12ClF3N2O3/c15-10-11(13(22)19-6-1-7-21)20-23-12(10)8-2-4-9(5-3-8)14(16,17)18/h2-5,21H,1,6-7H2,(H,19,22). The van der Waals surface area contributed by atoms with Gasteiger partial charge in [-0.15, -0.1) is 0 Å². The quantitative estimate of drug-likeness (QED) is 0.814. The first-order valence-electron chi connectivity index (χ1n) is 6.56. The van der Waals surface area contributed by atoms with E-state index < -0.39 is 17.6 Å². The van der Waals surface area contributed by atoms with Crippen molar-refractivity contribution in [3.8, 4) is 11.3 Å². The number of rotatable bonds is 5. The first kappa shape index (κ1) is 17.3. The van der Waals surface area contributed by atoms with Crippen LogP contribution in [0.1, 0.15) is 22.5 Å². The molecule has 0 fully saturated rings. The number of hydrogen-bond acceptors (Lipinski definition) is 4. The molecule has 0 aliphatic rings. The Morgan fingerprint density at radius 3 is 2.52 bits per heavy atom. The van der Waals surface area contributed by atoms with E-state index in [1.165, 1.54) is 12.1 Å². The Balaban J connectivity index is 2.20. The number of alkyl halides is 3. The van der Waals surface area contributed by atoms with Gasteiger partial charge in [0.25, 0.3) is 5.91 Å². The largest absolute Gasteiger partial charge is 0.416 e. The Bertz CT molecular complexity index is 684. The molecule has 0 radical (unpaired) electrons. The van der Waals surface area contributed by atoms with Crippen molar-refractivity contribution in [3.63, 3.8) is 0 Å². The van der Waals surface area contributed by atoms with Gasteiger partial charge in [0, 0.05) is 18.7 Å². The van der Waals surface area contributed by atoms with Crippen molar-refractivity contribution in [2.45, 2.75) is 12.6 Å². The minimum Gasteiger partial charge on any atom is -0.396 e. The molecule has 23 heavy (non-hydrogen) atoms. The predicted octanol–water partition coefficient (Wildman–Crippen LogP) is 3.13. The first-order chi connectivity index (χ1) is 10.8. The zero-order valence-corrected chi connectivity index (χ0v) is 12.4. The third-order valence-electron chi connectivity index (χ3n) is 2.95. The predicted molar refractivity (Wildman–Crippen MR) is 76.0 cm³/mol. The number of carbonyl (C=O) groups excluding carboxylic acids is 1. The van der Waals surface area contributed by atoms with Gasteiger partial charge in [0.2, 0.25) is 0 Å². The topological polar surface area (TPSA) is 75.4 Å². The fourth-order valence-corrected chi connectivity index (χ4v) is 2.04. The minimum atomic E-state index is -4.44. The number of aromatic nitrogens is 1. The van der Waals surface area contributed by atoms with Gasteiger partial charge in [-0.3, -0.25) is 4.79 Å². The van der Waals surface area contributed by atoms with E-state index in [9.17, 15) is 18.0 Å². The zero-order chi connectivity index (χ0) is 17.0. The van der Waals surface area contributed by atoms with Gasteiger partial charge in [-0.2, -0.15) is 13.2 Å². The number of amides is 1. The van der Waals surface area contributed by atoms with Crippen molar-refractivity contribution in [2.75, 3.05) is 13.2 Å². The number of nitrogens with one attached hydrogen (secondary N) is 1. The molecule has 9 heteroatoms. The van der Waals surface area contributed by atoms with Gasteiger partial charge in [-0.1, -0.05) is 28.9 Å². The average molecular weight is 349 g/mol. The third kappa shape index (κ3) is 4.02. The van der Waals surface area contributed by atoms with Crippen LogP contribution in [0, 0.1) is 0 Å². The van der Waals surface area contributed by atoms with E-state index in [4.69, 9.17) is 21.2 Å². The second-order valence-corrected chi connectivity index (χ2v) is 4.96. The maximum absolute atomic E-state index is 12.5. The van der Waals surface area contributed by atoms with Gasteiger partial charge >= 0.3 is 6.18 Å². The summed E-state index contributed by atoms with van der Waals surface area (Å²) < 4.78 is 42.5. The van der Waals surface area contributed by atoms with Crippen LogP contribution in [0.15, 0.2) is 28.8 Å². The second-order valence-electron chi connectivity index (χ2n) is 4.58. The van der Waals surface area contributed by atoms with Gasteiger partial charge < -0.3 is 14.9 Å². The van der Waals surface area contributed by atoms with Crippen LogP contribution in [0.2, 0.25) is 5.02 Å². The highest BCUT2D eigenvalue weighted by Gasteiger charge is 2.30. The molecule has 1 aromatic carbocycles. The summed E-state index contributed by atoms with van der Waals surface area (Å²) in [4.78, 5) is 11.8. The summed E-state index contributed by atoms with van der Waals surface area (Å²) >= 11 is 6.01. The lowest BCUT2D eigenvalue weighted by atomic mass is 10.1. The lowest BCUT2D eigenvalue weighted by Crippen LogP contribution is -2.25. The summed E-state index contributed by atoms with van der Waals surface area (Å²) in [7, 11) is 0. The highest BCUT2D eigenvalue weighted by Crippen LogP contribution is 2.34. The number of nitrogens with zero attached hydrogens (tertiary/aromatic N) is 1. The van der Waals surface area contributed by atoms with Crippen molar-refractivity contribution >= 4 is 17.5 Å². The lowest BCUT2D eigenvalue weighted by Gasteiger charge is -2.06. The molecule has 2 N–H and O–H groups in total. The lowest BCUT2D eigenvalue weighted by molar-refractivity contribution is -0.137. The second kappa shape index (κ2) is 7.01. The van der Waals surface area contributed by atoms with Crippen LogP contribution in [-0.4, -0.2) is 29.3 Å². The molecule has 0 saturated carbocycles. The SMILES string of the molecule is O=C(NCCCO)c1noc(-c2ccc(C(F)(F)F)cc2)c1Cl. The zero-order valence-electron chi connectivity index (χ0n) is 11.7. The molecule has 2 aromatic rings. The summed E-state index contributed by atoms with van der Waals surface area (Å²) in [5.74, 6) is -0.585. The van der Waals surface area contributed by atoms with Crippen molar-refractivity contribution in [1.82, 2.24) is 10.5 Å². The van der Waals surface area contributed by atoms with E-state index in [2.05, 4.69) is 10.5 Å². The number of halogens is 4. The molecule has 2 rings (SSSR count). The molecule has 0 spiro atoms. The van der Waals surface area contributed by atoms with E-state index in [-0.39, 0.29) is 35.2 Å². The van der Waals surface area contributed by atoms with E-state index in [0.717, 1.165) is 12.1 Å². The molecular formula is C14H12ClF3N2O3. The smallest absolute Gasteiger partial charge is 0.396 e. The summed E-state index contributed by atoms with van der Waals surface area (Å²) in [6, 6.07) is 4.13. The van der Waals surface area contributed by atoms with Crippen LogP contribution < -0.4 is 5.32 Å². The molecule has 0 aliphatic carbocycles. The molecule has 5 nitrogen and oxygen atoms in total. The molecule has 0 unspecified atom stereocenters. The minimum absolute atomic E-state index is 0.00713. The maximum Gasteiger partial charge on any atom is 0.416 e. The van der Waals surface area contributed by atoms with E-state index >= 15 is 0 Å². The fourth-order valence-electron chi connectivity index (χ4n) is 1.77. The highest BCUT2D eigenvalue weighted by molar-refractivity contribution is 6.35. The van der Waals surface area contributed by atoms with Crippen LogP contribution in [-0.2, 0) is 6.18 Å². The van der Waals surface area contributed by atoms with Gasteiger partial charge in [-0.25, -0.2) is 0 Å². The first-order valence-corrected chi connectivity index (χ1v) is 6.94. The third-order valence-corrected chi connectivity index (χ3v) is 3.30. The Kier molecular flexibility index (Phi) is 5.27. The number of aliphatic hydroxyl groups is 1. The Labute approximate surface area is 134 Å². The number of benzene rings is 1. The van der Waals surface area contributed by atoms with Gasteiger partial charge in [0.1, 0.15) is 5.02 Å². The fraction of sp³-hybridized carbons (Fsp3) is 0.286. The van der Waals surface area contributed by atoms with Crippen molar-refractivity contribution in [1.29, 1.82) is 0 Å². The van der Waals surface area contributed by atoms with Crippen LogP contribution in [0.5, 0.6) is 0 Å². The molecule has 124 valence electrons. The van der Waals surface area contributed by atoms with E-state index in [0.29, 0.717) is 6.42 Å². The monoisotopic (exact) mass is 348 g/mol. The molecule has 0 atom stereocenters. The summed E-state index contributed by atoms with van der Waals surface area (Å²) in [5.41, 5.74) is -0.705. The van der Waals surface area contributed by atoms with E-state index in [1.54, 1.807) is 0 Å². The molecular weight excluding hydrogens is 337 g/mol. The van der Waals surface area contributed by atoms with Crippen LogP contribution in [0.4, 0.5) is 13.2 Å². The van der Waals surface area contributed by atoms with Crippen LogP contribution in [0.25, 0.3) is 11.3 Å². The number of hydrogen-bond donors (Lipinski definition) is 2. The molecule has 1 amide bonds. The normalized spacial score (nSPS) is 11.5. The molecule has 1 heterocycles. The average Bonchev–Trinajstić information content (AvgIpc) is 2.88. The maximum atomic E-state index is 12.5. The Morgan fingerprint density at radius 1 is 1.30 bits per heavy atom. The Morgan fingerprint density at radius 2 is 1.96 bits per heavy atom. The number of aliphatic hydroxyl groups excluding tert-OH is 1. The molecule has 0 bridgehead atoms. The van der Waals surface area contributed by atoms with Gasteiger partial charge in [0.05, 0.1) is 5.56 Å². The van der Waals surface area contributed by atoms with Crippen molar-refractivity contribution < 1.29 is 27.6 Å². The molecule has 0 saturated heterocycles. The van der Waals surface area contributed by atoms with Crippen LogP contribution in [0.3, 0.4) is 0 Å². The van der Waals surface area contributed by atoms with Crippen molar-refractivity contribution in [3.05, 3.63) is 40.5 Å². The summed E-state index contributed by atoms with van der Waals surface area (Å²) in [6.07, 6.45) is -4.07. The van der Waals surface area contributed by atoms with Gasteiger partial charge in [-0.05, 0) is 18.6 Å². The van der Waals surface area contributed by atoms with E-state index in [1.807, 2.05) is 0 Å². The highest BCUT2D eigenvalue weighted by atomic mass is 35.5. The summed E-state index contributed by atoms with van der Waals surface area (Å²) in [5, 5.41) is 14.6. The van der Waals surface area contributed by atoms with Crippen LogP contribution >= 0.6 is 11.6 Å².